The molecule has 0 aliphatic heterocycles. The van der Waals surface area contributed by atoms with Gasteiger partial charge in [0.2, 0.25) is 11.8 Å². The summed E-state index contributed by atoms with van der Waals surface area (Å²) in [5.74, 6) is -0.314. The van der Waals surface area contributed by atoms with Crippen LogP contribution in [-0.4, -0.2) is 50.9 Å². The van der Waals surface area contributed by atoms with Crippen LogP contribution in [0.5, 0.6) is 5.75 Å². The van der Waals surface area contributed by atoms with E-state index in [0.29, 0.717) is 22.9 Å². The molecule has 8 nitrogen and oxygen atoms in total. The van der Waals surface area contributed by atoms with Crippen LogP contribution in [-0.2, 0) is 26.2 Å². The number of anilines is 1. The van der Waals surface area contributed by atoms with Crippen molar-refractivity contribution in [2.45, 2.75) is 57.6 Å². The second-order valence-electron chi connectivity index (χ2n) is 9.76. The summed E-state index contributed by atoms with van der Waals surface area (Å²) >= 11 is 6.06. The predicted octanol–water partition coefficient (Wildman–Crippen LogP) is 5.18. The summed E-state index contributed by atoms with van der Waals surface area (Å²) in [5, 5.41) is 3.43. The molecule has 3 aromatic carbocycles. The van der Waals surface area contributed by atoms with E-state index in [-0.39, 0.29) is 23.4 Å². The first-order chi connectivity index (χ1) is 19.0. The highest BCUT2D eigenvalue weighted by atomic mass is 35.5. The third-order valence-electron chi connectivity index (χ3n) is 6.33. The summed E-state index contributed by atoms with van der Waals surface area (Å²) < 4.78 is 34.1. The van der Waals surface area contributed by atoms with E-state index in [1.165, 1.54) is 24.1 Å². The van der Waals surface area contributed by atoms with Crippen LogP contribution < -0.4 is 14.4 Å². The lowest BCUT2D eigenvalue weighted by Crippen LogP contribution is -2.53. The average Bonchev–Trinajstić information content (AvgIpc) is 2.92. The van der Waals surface area contributed by atoms with E-state index in [1.807, 2.05) is 27.7 Å². The molecule has 0 heterocycles. The fourth-order valence-corrected chi connectivity index (χ4v) is 5.74. The van der Waals surface area contributed by atoms with Gasteiger partial charge in [0.1, 0.15) is 18.3 Å². The van der Waals surface area contributed by atoms with Gasteiger partial charge in [-0.05, 0) is 81.3 Å². The van der Waals surface area contributed by atoms with Crippen LogP contribution in [0.3, 0.4) is 0 Å². The largest absolute Gasteiger partial charge is 0.497 e. The monoisotopic (exact) mass is 585 g/mol. The number of nitrogens with one attached hydrogen (secondary N) is 1. The molecule has 40 heavy (non-hydrogen) atoms. The number of hydrogen-bond acceptors (Lipinski definition) is 5. The van der Waals surface area contributed by atoms with Crippen molar-refractivity contribution in [2.75, 3.05) is 18.0 Å². The van der Waals surface area contributed by atoms with Crippen LogP contribution in [0.1, 0.15) is 38.3 Å². The van der Waals surface area contributed by atoms with E-state index in [4.69, 9.17) is 16.3 Å². The van der Waals surface area contributed by atoms with Crippen LogP contribution in [0.4, 0.5) is 5.69 Å². The van der Waals surface area contributed by atoms with Crippen molar-refractivity contribution in [3.8, 4) is 5.75 Å². The first kappa shape index (κ1) is 31.0. The third-order valence-corrected chi connectivity index (χ3v) is 8.37. The maximum absolute atomic E-state index is 14.0. The zero-order valence-corrected chi connectivity index (χ0v) is 25.0. The van der Waals surface area contributed by atoms with E-state index in [9.17, 15) is 18.0 Å². The number of carbonyl (C=O) groups is 2. The second kappa shape index (κ2) is 13.7. The highest BCUT2D eigenvalue weighted by Crippen LogP contribution is 2.26. The Bertz CT molecular complexity index is 1390. The van der Waals surface area contributed by atoms with Crippen LogP contribution in [0.2, 0.25) is 5.02 Å². The number of amides is 2. The highest BCUT2D eigenvalue weighted by molar-refractivity contribution is 7.92. The van der Waals surface area contributed by atoms with Gasteiger partial charge in [-0.1, -0.05) is 48.4 Å². The summed E-state index contributed by atoms with van der Waals surface area (Å²) in [5.41, 5.74) is 2.03. The standard InChI is InChI=1S/C30H36ClN3O5S/c1-6-28(30(36)32-21(2)3)33(19-23-9-11-24(31)12-10-23)29(35)20-34(25-13-7-22(4)8-14-25)40(37,38)27-17-15-26(39-5)16-18-27/h7-18,21,28H,6,19-20H2,1-5H3,(H,32,36)/t28-/m1/s1. The molecule has 0 radical (unpaired) electrons. The quantitative estimate of drug-likeness (QED) is 0.316. The summed E-state index contributed by atoms with van der Waals surface area (Å²) in [6.45, 7) is 7.00. The van der Waals surface area contributed by atoms with Crippen LogP contribution in [0, 0.1) is 6.92 Å². The molecule has 3 rings (SSSR count). The SMILES string of the molecule is CC[C@H](C(=O)NC(C)C)N(Cc1ccc(Cl)cc1)C(=O)CN(c1ccc(C)cc1)S(=O)(=O)c1ccc(OC)cc1. The minimum atomic E-state index is -4.16. The zero-order valence-electron chi connectivity index (χ0n) is 23.4. The molecule has 10 heteroatoms. The Morgan fingerprint density at radius 2 is 1.55 bits per heavy atom. The lowest BCUT2D eigenvalue weighted by Gasteiger charge is -2.33. The maximum atomic E-state index is 14.0. The molecule has 0 aliphatic rings. The Balaban J connectivity index is 2.05. The normalized spacial score (nSPS) is 12.1. The van der Waals surface area contributed by atoms with Crippen molar-refractivity contribution >= 4 is 39.1 Å². The lowest BCUT2D eigenvalue weighted by molar-refractivity contribution is -0.140. The van der Waals surface area contributed by atoms with Gasteiger partial charge in [0.25, 0.3) is 10.0 Å². The van der Waals surface area contributed by atoms with Crippen molar-refractivity contribution in [3.05, 3.63) is 88.9 Å². The van der Waals surface area contributed by atoms with Gasteiger partial charge in [-0.25, -0.2) is 8.42 Å². The molecular weight excluding hydrogens is 550 g/mol. The summed E-state index contributed by atoms with van der Waals surface area (Å²) in [6.07, 6.45) is 0.341. The number of aryl methyl sites for hydroxylation is 1. The Labute approximate surface area is 241 Å². The number of nitrogens with zero attached hydrogens (tertiary/aromatic N) is 2. The van der Waals surface area contributed by atoms with E-state index >= 15 is 0 Å². The molecular formula is C30H36ClN3O5S. The first-order valence-electron chi connectivity index (χ1n) is 13.0. The summed E-state index contributed by atoms with van der Waals surface area (Å²) in [4.78, 5) is 28.7. The number of halogens is 1. The number of sulfonamides is 1. The Hall–Kier alpha value is -3.56. The Morgan fingerprint density at radius 1 is 0.950 bits per heavy atom. The maximum Gasteiger partial charge on any atom is 0.264 e. The third kappa shape index (κ3) is 7.76. The molecule has 0 fully saturated rings. The number of ether oxygens (including phenoxy) is 1. The fourth-order valence-electron chi connectivity index (χ4n) is 4.20. The highest BCUT2D eigenvalue weighted by Gasteiger charge is 2.33. The van der Waals surface area contributed by atoms with Crippen molar-refractivity contribution in [2.24, 2.45) is 0 Å². The van der Waals surface area contributed by atoms with E-state index in [2.05, 4.69) is 5.32 Å². The van der Waals surface area contributed by atoms with Crippen molar-refractivity contribution in [3.63, 3.8) is 0 Å². The van der Waals surface area contributed by atoms with Gasteiger partial charge in [-0.15, -0.1) is 0 Å². The number of hydrogen-bond donors (Lipinski definition) is 1. The molecule has 0 saturated carbocycles. The van der Waals surface area contributed by atoms with Crippen molar-refractivity contribution in [1.29, 1.82) is 0 Å². The molecule has 3 aromatic rings. The van der Waals surface area contributed by atoms with Crippen LogP contribution in [0.15, 0.2) is 77.7 Å². The minimum absolute atomic E-state index is 0.00974. The molecule has 1 atom stereocenters. The van der Waals surface area contributed by atoms with E-state index in [0.717, 1.165) is 15.4 Å². The Kier molecular flexibility index (Phi) is 10.6. The fraction of sp³-hybridized carbons (Fsp3) is 0.333. The smallest absolute Gasteiger partial charge is 0.264 e. The molecule has 0 bridgehead atoms. The molecule has 0 aromatic heterocycles. The molecule has 0 unspecified atom stereocenters. The van der Waals surface area contributed by atoms with Gasteiger partial charge < -0.3 is 15.0 Å². The van der Waals surface area contributed by atoms with Gasteiger partial charge in [0, 0.05) is 17.6 Å². The number of carbonyl (C=O) groups excluding carboxylic acids is 2. The topological polar surface area (TPSA) is 96.0 Å². The zero-order chi connectivity index (χ0) is 29.4. The molecule has 0 saturated heterocycles. The van der Waals surface area contributed by atoms with Crippen molar-refractivity contribution < 1.29 is 22.7 Å². The molecule has 0 spiro atoms. The van der Waals surface area contributed by atoms with Crippen LogP contribution in [0.25, 0.3) is 0 Å². The van der Waals surface area contributed by atoms with Crippen LogP contribution >= 0.6 is 11.6 Å². The number of rotatable bonds is 12. The average molecular weight is 586 g/mol. The number of methoxy groups -OCH3 is 1. The number of benzene rings is 3. The van der Waals surface area contributed by atoms with E-state index < -0.39 is 28.5 Å². The van der Waals surface area contributed by atoms with Gasteiger partial charge in [0.05, 0.1) is 17.7 Å². The van der Waals surface area contributed by atoms with Gasteiger partial charge in [0.15, 0.2) is 0 Å². The van der Waals surface area contributed by atoms with Gasteiger partial charge in [-0.2, -0.15) is 0 Å². The molecule has 1 N–H and O–H groups in total. The summed E-state index contributed by atoms with van der Waals surface area (Å²) in [6, 6.07) is 18.9. The molecule has 214 valence electrons. The van der Waals surface area contributed by atoms with Gasteiger partial charge >= 0.3 is 0 Å². The molecule has 2 amide bonds. The molecule has 0 aliphatic carbocycles. The van der Waals surface area contributed by atoms with Gasteiger partial charge in [-0.3, -0.25) is 13.9 Å². The van der Waals surface area contributed by atoms with E-state index in [1.54, 1.807) is 60.7 Å². The second-order valence-corrected chi connectivity index (χ2v) is 12.1. The lowest BCUT2D eigenvalue weighted by atomic mass is 10.1. The minimum Gasteiger partial charge on any atom is -0.497 e. The predicted molar refractivity (Wildman–Crippen MR) is 158 cm³/mol. The van der Waals surface area contributed by atoms with Crippen molar-refractivity contribution in [1.82, 2.24) is 10.2 Å². The first-order valence-corrected chi connectivity index (χ1v) is 14.9. The summed E-state index contributed by atoms with van der Waals surface area (Å²) in [7, 11) is -2.66. The Morgan fingerprint density at radius 3 is 2.08 bits per heavy atom.